The molecule has 2 N–H and O–H groups in total. The van der Waals surface area contributed by atoms with Crippen LogP contribution in [0.5, 0.6) is 0 Å². The number of benzene rings is 1. The first kappa shape index (κ1) is 24.6. The number of anilines is 4. The molecule has 1 aromatic carbocycles. The maximum Gasteiger partial charge on any atom is 0.323 e. The van der Waals surface area contributed by atoms with Crippen molar-refractivity contribution in [2.24, 2.45) is 0 Å². The number of urea groups is 1. The van der Waals surface area contributed by atoms with Crippen LogP contribution in [-0.2, 0) is 9.47 Å². The summed E-state index contributed by atoms with van der Waals surface area (Å²) in [5.74, 6) is 2.19. The Balaban J connectivity index is 1.21. The van der Waals surface area contributed by atoms with Crippen molar-refractivity contribution in [3.05, 3.63) is 53.8 Å². The molecule has 6 heterocycles. The van der Waals surface area contributed by atoms with Crippen LogP contribution in [-0.4, -0.2) is 71.6 Å². The van der Waals surface area contributed by atoms with Gasteiger partial charge in [-0.3, -0.25) is 4.98 Å². The number of rotatable bonds is 5. The Hall–Kier alpha value is -3.47. The van der Waals surface area contributed by atoms with E-state index in [2.05, 4.69) is 25.4 Å². The molecular formula is C28H30ClN7O3. The zero-order chi connectivity index (χ0) is 26.3. The van der Waals surface area contributed by atoms with Gasteiger partial charge in [-0.1, -0.05) is 11.6 Å². The van der Waals surface area contributed by atoms with Crippen molar-refractivity contribution in [3.63, 3.8) is 0 Å². The van der Waals surface area contributed by atoms with Gasteiger partial charge in [-0.2, -0.15) is 0 Å². The number of carbonyl (C=O) groups excluding carboxylic acids is 1. The molecule has 3 aromatic rings. The summed E-state index contributed by atoms with van der Waals surface area (Å²) in [4.78, 5) is 31.3. The highest BCUT2D eigenvalue weighted by Crippen LogP contribution is 2.44. The van der Waals surface area contributed by atoms with Crippen LogP contribution >= 0.6 is 11.6 Å². The first-order valence-corrected chi connectivity index (χ1v) is 13.9. The van der Waals surface area contributed by atoms with Crippen LogP contribution in [0.15, 0.2) is 48.8 Å². The normalized spacial score (nSPS) is 25.6. The van der Waals surface area contributed by atoms with Crippen molar-refractivity contribution < 1.29 is 14.3 Å². The minimum atomic E-state index is -0.339. The summed E-state index contributed by atoms with van der Waals surface area (Å²) < 4.78 is 11.7. The Kier molecular flexibility index (Phi) is 6.46. The predicted molar refractivity (Wildman–Crippen MR) is 150 cm³/mol. The van der Waals surface area contributed by atoms with Crippen molar-refractivity contribution in [1.29, 1.82) is 0 Å². The third kappa shape index (κ3) is 4.66. The molecule has 4 unspecified atom stereocenters. The van der Waals surface area contributed by atoms with Crippen LogP contribution in [0.25, 0.3) is 11.4 Å². The van der Waals surface area contributed by atoms with E-state index in [1.807, 2.05) is 24.3 Å². The lowest BCUT2D eigenvalue weighted by Crippen LogP contribution is -2.48. The second-order valence-electron chi connectivity index (χ2n) is 10.6. The summed E-state index contributed by atoms with van der Waals surface area (Å²) in [6.07, 6.45) is 7.53. The second-order valence-corrected chi connectivity index (χ2v) is 10.9. The zero-order valence-electron chi connectivity index (χ0n) is 21.4. The number of fused-ring (bicyclic) bond motifs is 4. The lowest BCUT2D eigenvalue weighted by Gasteiger charge is -2.39. The van der Waals surface area contributed by atoms with Crippen LogP contribution in [0, 0.1) is 0 Å². The summed E-state index contributed by atoms with van der Waals surface area (Å²) >= 11 is 7.15. The molecule has 10 nitrogen and oxygen atoms in total. The third-order valence-corrected chi connectivity index (χ3v) is 8.44. The number of hydrogen-bond acceptors (Lipinski definition) is 8. The number of amides is 2. The van der Waals surface area contributed by atoms with Crippen molar-refractivity contribution in [2.75, 3.05) is 46.9 Å². The zero-order valence-corrected chi connectivity index (χ0v) is 22.2. The molecule has 0 aliphatic carbocycles. The van der Waals surface area contributed by atoms with E-state index >= 15 is 0 Å². The number of hydrogen-bond donors (Lipinski definition) is 2. The van der Waals surface area contributed by atoms with Gasteiger partial charge in [0, 0.05) is 17.4 Å². The number of pyridine rings is 1. The fourth-order valence-electron chi connectivity index (χ4n) is 6.28. The number of nitrogens with zero attached hydrogens (tertiary/aromatic N) is 5. The largest absolute Gasteiger partial charge is 0.377 e. The minimum absolute atomic E-state index is 0.267. The molecular weight excluding hydrogens is 518 g/mol. The summed E-state index contributed by atoms with van der Waals surface area (Å²) in [6.45, 7) is 2.75. The van der Waals surface area contributed by atoms with E-state index in [-0.39, 0.29) is 30.2 Å². The summed E-state index contributed by atoms with van der Waals surface area (Å²) in [6, 6.07) is 11.8. The van der Waals surface area contributed by atoms with E-state index in [1.54, 1.807) is 24.5 Å². The molecule has 0 spiro atoms. The van der Waals surface area contributed by atoms with Crippen molar-refractivity contribution in [2.45, 2.75) is 49.9 Å². The number of nitrogens with one attached hydrogen (secondary N) is 2. The Morgan fingerprint density at radius 3 is 1.85 bits per heavy atom. The topological polar surface area (TPSA) is 105 Å². The van der Waals surface area contributed by atoms with Gasteiger partial charge in [0.1, 0.15) is 5.02 Å². The number of carbonyl (C=O) groups is 1. The summed E-state index contributed by atoms with van der Waals surface area (Å²) in [5.41, 5.74) is 2.14. The van der Waals surface area contributed by atoms with Gasteiger partial charge >= 0.3 is 6.03 Å². The first-order chi connectivity index (χ1) is 19.1. The second kappa shape index (κ2) is 10.3. The van der Waals surface area contributed by atoms with Gasteiger partial charge in [0.25, 0.3) is 0 Å². The quantitative estimate of drug-likeness (QED) is 0.478. The monoisotopic (exact) mass is 547 g/mol. The average molecular weight is 548 g/mol. The highest BCUT2D eigenvalue weighted by atomic mass is 35.5. The molecule has 2 aromatic heterocycles. The van der Waals surface area contributed by atoms with Gasteiger partial charge in [0.15, 0.2) is 17.5 Å². The molecule has 4 bridgehead atoms. The molecule has 7 rings (SSSR count). The Bertz CT molecular complexity index is 1280. The van der Waals surface area contributed by atoms with E-state index in [0.717, 1.165) is 42.9 Å². The van der Waals surface area contributed by atoms with Gasteiger partial charge in [0.05, 0.1) is 62.5 Å². The van der Waals surface area contributed by atoms with E-state index in [4.69, 9.17) is 31.0 Å². The van der Waals surface area contributed by atoms with E-state index in [1.165, 1.54) is 0 Å². The van der Waals surface area contributed by atoms with E-state index in [0.29, 0.717) is 48.6 Å². The van der Waals surface area contributed by atoms with Gasteiger partial charge in [-0.25, -0.2) is 14.8 Å². The summed E-state index contributed by atoms with van der Waals surface area (Å²) in [5, 5.41) is 6.25. The fourth-order valence-corrected chi connectivity index (χ4v) is 6.56. The van der Waals surface area contributed by atoms with Crippen LogP contribution in [0.1, 0.15) is 25.7 Å². The minimum Gasteiger partial charge on any atom is -0.377 e. The number of halogens is 1. The molecule has 4 aliphatic heterocycles. The molecule has 11 heteroatoms. The van der Waals surface area contributed by atoms with Gasteiger partial charge in [-0.15, -0.1) is 0 Å². The highest BCUT2D eigenvalue weighted by Gasteiger charge is 2.43. The van der Waals surface area contributed by atoms with Crippen LogP contribution < -0.4 is 20.4 Å². The lowest BCUT2D eigenvalue weighted by atomic mass is 10.1. The standard InChI is InChI=1S/C28H30ClN7O3/c29-24-26(35-20-7-8-21(35)14-38-13-20)33-25(34-27(24)36-22-9-10-23(36)16-39-15-22)17-3-5-18(6-4-17)31-28(37)32-19-2-1-11-30-12-19/h1-6,11-12,20-23H,7-10,13-16H2,(H2,31,32,37). The summed E-state index contributed by atoms with van der Waals surface area (Å²) in [7, 11) is 0. The Morgan fingerprint density at radius 2 is 1.33 bits per heavy atom. The van der Waals surface area contributed by atoms with E-state index < -0.39 is 0 Å². The number of morpholine rings is 2. The molecule has 4 saturated heterocycles. The molecule has 4 atom stereocenters. The van der Waals surface area contributed by atoms with Gasteiger partial charge in [-0.05, 0) is 62.1 Å². The highest BCUT2D eigenvalue weighted by molar-refractivity contribution is 6.35. The molecule has 0 radical (unpaired) electrons. The third-order valence-electron chi connectivity index (χ3n) is 8.11. The van der Waals surface area contributed by atoms with Crippen molar-refractivity contribution in [3.8, 4) is 11.4 Å². The fraction of sp³-hybridized carbons (Fsp3) is 0.429. The van der Waals surface area contributed by atoms with Crippen molar-refractivity contribution in [1.82, 2.24) is 15.0 Å². The van der Waals surface area contributed by atoms with Crippen molar-refractivity contribution >= 4 is 40.6 Å². The molecule has 2 amide bonds. The maximum atomic E-state index is 12.4. The maximum absolute atomic E-state index is 12.4. The van der Waals surface area contributed by atoms with Gasteiger partial charge < -0.3 is 29.9 Å². The van der Waals surface area contributed by atoms with Crippen LogP contribution in [0.3, 0.4) is 0 Å². The first-order valence-electron chi connectivity index (χ1n) is 13.5. The van der Waals surface area contributed by atoms with E-state index in [9.17, 15) is 4.79 Å². The average Bonchev–Trinajstić information content (AvgIpc) is 3.34. The van der Waals surface area contributed by atoms with Crippen LogP contribution in [0.2, 0.25) is 5.02 Å². The predicted octanol–water partition coefficient (Wildman–Crippen LogP) is 4.57. The number of aromatic nitrogens is 3. The molecule has 4 fully saturated rings. The lowest BCUT2D eigenvalue weighted by molar-refractivity contribution is 0.0894. The Morgan fingerprint density at radius 1 is 0.795 bits per heavy atom. The number of ether oxygens (including phenoxy) is 2. The molecule has 202 valence electrons. The molecule has 4 aliphatic rings. The van der Waals surface area contributed by atoms with Crippen LogP contribution in [0.4, 0.5) is 27.8 Å². The molecule has 39 heavy (non-hydrogen) atoms. The van der Waals surface area contributed by atoms with Gasteiger partial charge in [0.2, 0.25) is 0 Å². The molecule has 0 saturated carbocycles. The smallest absolute Gasteiger partial charge is 0.323 e. The SMILES string of the molecule is O=C(Nc1ccc(-c2nc(N3C4CCC3COC4)c(Cl)c(N3C4CCC3COC4)n2)cc1)Nc1cccnc1. The Labute approximate surface area is 231 Å².